The number of oxazole rings is 1. The van der Waals surface area contributed by atoms with Gasteiger partial charge in [-0.15, -0.1) is 0 Å². The van der Waals surface area contributed by atoms with Crippen LogP contribution in [0.1, 0.15) is 30.9 Å². The molecule has 8 nitrogen and oxygen atoms in total. The quantitative estimate of drug-likeness (QED) is 0.682. The fraction of sp³-hybridized carbons (Fsp3) is 0.368. The number of carbonyl (C=O) groups excluding carboxylic acids is 1. The molecule has 0 aliphatic heterocycles. The maximum atomic E-state index is 12.3. The van der Waals surface area contributed by atoms with E-state index in [4.69, 9.17) is 9.15 Å². The van der Waals surface area contributed by atoms with Gasteiger partial charge in [0.15, 0.2) is 11.4 Å². The molecule has 1 aromatic carbocycles. The summed E-state index contributed by atoms with van der Waals surface area (Å²) < 4.78 is 12.0. The SMILES string of the molecule is Cc1nc2c(=O)n(CC(=O)NCc3ccc(COC(C)C)cc3)cnc2o1. The van der Waals surface area contributed by atoms with Crippen molar-refractivity contribution in [3.63, 3.8) is 0 Å². The van der Waals surface area contributed by atoms with Gasteiger partial charge in [-0.25, -0.2) is 9.97 Å². The predicted octanol–water partition coefficient (Wildman–Crippen LogP) is 1.93. The number of benzene rings is 1. The van der Waals surface area contributed by atoms with Crippen molar-refractivity contribution in [2.45, 2.75) is 46.6 Å². The number of carbonyl (C=O) groups is 1. The Morgan fingerprint density at radius 2 is 1.96 bits per heavy atom. The van der Waals surface area contributed by atoms with E-state index in [0.717, 1.165) is 11.1 Å². The number of hydrogen-bond acceptors (Lipinski definition) is 6. The Labute approximate surface area is 156 Å². The molecule has 3 rings (SSSR count). The minimum Gasteiger partial charge on any atom is -0.422 e. The summed E-state index contributed by atoms with van der Waals surface area (Å²) in [4.78, 5) is 32.5. The maximum Gasteiger partial charge on any atom is 0.283 e. The third kappa shape index (κ3) is 4.79. The van der Waals surface area contributed by atoms with Crippen molar-refractivity contribution in [3.8, 4) is 0 Å². The van der Waals surface area contributed by atoms with Crippen LogP contribution in [-0.2, 0) is 29.2 Å². The van der Waals surface area contributed by atoms with Crippen molar-refractivity contribution in [1.29, 1.82) is 0 Å². The highest BCUT2D eigenvalue weighted by molar-refractivity contribution is 5.76. The normalized spacial score (nSPS) is 11.3. The van der Waals surface area contributed by atoms with Crippen LogP contribution in [0.25, 0.3) is 11.2 Å². The molecule has 0 saturated carbocycles. The molecule has 0 aliphatic rings. The lowest BCUT2D eigenvalue weighted by atomic mass is 10.1. The number of fused-ring (bicyclic) bond motifs is 1. The highest BCUT2D eigenvalue weighted by Crippen LogP contribution is 2.08. The van der Waals surface area contributed by atoms with Gasteiger partial charge in [0.2, 0.25) is 5.91 Å². The first-order chi connectivity index (χ1) is 12.9. The summed E-state index contributed by atoms with van der Waals surface area (Å²) >= 11 is 0. The molecule has 2 aromatic heterocycles. The van der Waals surface area contributed by atoms with E-state index < -0.39 is 5.56 Å². The molecule has 1 N–H and O–H groups in total. The molecule has 0 aliphatic carbocycles. The van der Waals surface area contributed by atoms with Gasteiger partial charge in [0.1, 0.15) is 12.9 Å². The summed E-state index contributed by atoms with van der Waals surface area (Å²) in [6.45, 7) is 6.42. The van der Waals surface area contributed by atoms with Crippen molar-refractivity contribution in [3.05, 3.63) is 58.0 Å². The molecule has 0 unspecified atom stereocenters. The standard InChI is InChI=1S/C19H22N4O4/c1-12(2)26-10-15-6-4-14(5-7-15)8-20-16(24)9-23-11-21-18-17(19(23)25)22-13(3)27-18/h4-7,11-12H,8-10H2,1-3H3,(H,20,24). The second kappa shape index (κ2) is 8.13. The molecule has 3 aromatic rings. The molecule has 2 heterocycles. The number of hydrogen-bond donors (Lipinski definition) is 1. The zero-order valence-electron chi connectivity index (χ0n) is 15.6. The van der Waals surface area contributed by atoms with Gasteiger partial charge in [0.25, 0.3) is 11.3 Å². The summed E-state index contributed by atoms with van der Waals surface area (Å²) in [6.07, 6.45) is 1.47. The number of nitrogens with zero attached hydrogens (tertiary/aromatic N) is 3. The topological polar surface area (TPSA) is 99.2 Å². The Balaban J connectivity index is 1.57. The Morgan fingerprint density at radius 1 is 1.26 bits per heavy atom. The minimum atomic E-state index is -0.401. The third-order valence-corrected chi connectivity index (χ3v) is 3.90. The largest absolute Gasteiger partial charge is 0.422 e. The Hall–Kier alpha value is -3.00. The third-order valence-electron chi connectivity index (χ3n) is 3.90. The molecule has 142 valence electrons. The molecule has 1 amide bonds. The zero-order valence-corrected chi connectivity index (χ0v) is 15.6. The van der Waals surface area contributed by atoms with E-state index in [1.54, 1.807) is 6.92 Å². The molecule has 0 radical (unpaired) electrons. The first kappa shape index (κ1) is 18.8. The predicted molar refractivity (Wildman–Crippen MR) is 99.0 cm³/mol. The number of nitrogens with one attached hydrogen (secondary N) is 1. The van der Waals surface area contributed by atoms with Crippen molar-refractivity contribution in [2.75, 3.05) is 0 Å². The highest BCUT2D eigenvalue weighted by atomic mass is 16.5. The van der Waals surface area contributed by atoms with Crippen LogP contribution in [-0.4, -0.2) is 26.5 Å². The van der Waals surface area contributed by atoms with Crippen LogP contribution in [0, 0.1) is 6.92 Å². The van der Waals surface area contributed by atoms with Crippen LogP contribution >= 0.6 is 0 Å². The van der Waals surface area contributed by atoms with Crippen LogP contribution in [0.3, 0.4) is 0 Å². The molecule has 27 heavy (non-hydrogen) atoms. The lowest BCUT2D eigenvalue weighted by Crippen LogP contribution is -2.32. The Morgan fingerprint density at radius 3 is 2.67 bits per heavy atom. The van der Waals surface area contributed by atoms with Crippen LogP contribution in [0.15, 0.2) is 39.8 Å². The van der Waals surface area contributed by atoms with Crippen LogP contribution in [0.5, 0.6) is 0 Å². The summed E-state index contributed by atoms with van der Waals surface area (Å²) in [7, 11) is 0. The Bertz CT molecular complexity index is 989. The Kier molecular flexibility index (Phi) is 5.66. The van der Waals surface area contributed by atoms with Gasteiger partial charge in [-0.05, 0) is 25.0 Å². The first-order valence-corrected chi connectivity index (χ1v) is 8.71. The fourth-order valence-corrected chi connectivity index (χ4v) is 2.49. The van der Waals surface area contributed by atoms with Gasteiger partial charge in [0, 0.05) is 13.5 Å². The van der Waals surface area contributed by atoms with E-state index in [9.17, 15) is 9.59 Å². The zero-order chi connectivity index (χ0) is 19.4. The van der Waals surface area contributed by atoms with E-state index in [2.05, 4.69) is 15.3 Å². The van der Waals surface area contributed by atoms with Crippen molar-refractivity contribution in [1.82, 2.24) is 19.9 Å². The average molecular weight is 370 g/mol. The first-order valence-electron chi connectivity index (χ1n) is 8.71. The number of aryl methyl sites for hydroxylation is 1. The fourth-order valence-electron chi connectivity index (χ4n) is 2.49. The lowest BCUT2D eigenvalue weighted by Gasteiger charge is -2.09. The summed E-state index contributed by atoms with van der Waals surface area (Å²) in [5, 5.41) is 2.80. The monoisotopic (exact) mass is 370 g/mol. The maximum absolute atomic E-state index is 12.3. The minimum absolute atomic E-state index is 0.127. The average Bonchev–Trinajstić information content (AvgIpc) is 3.03. The molecule has 0 spiro atoms. The smallest absolute Gasteiger partial charge is 0.283 e. The molecule has 0 atom stereocenters. The number of rotatable bonds is 7. The summed E-state index contributed by atoms with van der Waals surface area (Å²) in [5.74, 6) is 0.0738. The van der Waals surface area contributed by atoms with Gasteiger partial charge in [0.05, 0.1) is 12.7 Å². The van der Waals surface area contributed by atoms with Crippen LogP contribution in [0.4, 0.5) is 0 Å². The molecule has 8 heteroatoms. The second-order valence-corrected chi connectivity index (χ2v) is 6.52. The lowest BCUT2D eigenvalue weighted by molar-refractivity contribution is -0.121. The number of ether oxygens (including phenoxy) is 1. The molecule has 0 fully saturated rings. The second-order valence-electron chi connectivity index (χ2n) is 6.52. The number of amides is 1. The van der Waals surface area contributed by atoms with Crippen molar-refractivity contribution < 1.29 is 13.9 Å². The molecular formula is C19H22N4O4. The molecular weight excluding hydrogens is 348 g/mol. The highest BCUT2D eigenvalue weighted by Gasteiger charge is 2.12. The van der Waals surface area contributed by atoms with Gasteiger partial charge >= 0.3 is 0 Å². The van der Waals surface area contributed by atoms with E-state index in [0.29, 0.717) is 19.0 Å². The van der Waals surface area contributed by atoms with E-state index in [1.165, 1.54) is 10.9 Å². The van der Waals surface area contributed by atoms with Crippen LogP contribution < -0.4 is 10.9 Å². The molecule has 0 bridgehead atoms. The molecule has 0 saturated heterocycles. The van der Waals surface area contributed by atoms with Gasteiger partial charge < -0.3 is 14.5 Å². The summed E-state index contributed by atoms with van der Waals surface area (Å²) in [5.41, 5.74) is 1.94. The van der Waals surface area contributed by atoms with E-state index >= 15 is 0 Å². The summed E-state index contributed by atoms with van der Waals surface area (Å²) in [6, 6.07) is 7.83. The van der Waals surface area contributed by atoms with Crippen molar-refractivity contribution >= 4 is 17.1 Å². The van der Waals surface area contributed by atoms with Crippen molar-refractivity contribution in [2.24, 2.45) is 0 Å². The van der Waals surface area contributed by atoms with Crippen LogP contribution in [0.2, 0.25) is 0 Å². The van der Waals surface area contributed by atoms with E-state index in [1.807, 2.05) is 38.1 Å². The number of aromatic nitrogens is 3. The van der Waals surface area contributed by atoms with Gasteiger partial charge in [-0.1, -0.05) is 24.3 Å². The van der Waals surface area contributed by atoms with Gasteiger partial charge in [-0.3, -0.25) is 14.2 Å². The van der Waals surface area contributed by atoms with E-state index in [-0.39, 0.29) is 29.8 Å². The van der Waals surface area contributed by atoms with Gasteiger partial charge in [-0.2, -0.15) is 0 Å².